The van der Waals surface area contributed by atoms with Crippen LogP contribution in [0.5, 0.6) is 5.75 Å². The zero-order chi connectivity index (χ0) is 22.8. The second kappa shape index (κ2) is 12.3. The third-order valence-electron chi connectivity index (χ3n) is 5.85. The van der Waals surface area contributed by atoms with Gasteiger partial charge in [-0.3, -0.25) is 4.79 Å². The van der Waals surface area contributed by atoms with E-state index in [9.17, 15) is 9.59 Å². The first-order valence-electron chi connectivity index (χ1n) is 11.9. The molecule has 3 rings (SSSR count). The third-order valence-corrected chi connectivity index (χ3v) is 5.85. The Morgan fingerprint density at radius 3 is 2.38 bits per heavy atom. The quantitative estimate of drug-likeness (QED) is 0.241. The highest BCUT2D eigenvalue weighted by molar-refractivity contribution is 5.85. The van der Waals surface area contributed by atoms with Crippen LogP contribution in [0.2, 0.25) is 0 Å². The first kappa shape index (κ1) is 23.9. The van der Waals surface area contributed by atoms with Crippen LogP contribution in [0.15, 0.2) is 36.7 Å². The molecule has 0 radical (unpaired) electrons. The van der Waals surface area contributed by atoms with E-state index in [1.165, 1.54) is 38.5 Å². The van der Waals surface area contributed by atoms with E-state index in [1.54, 1.807) is 12.1 Å². The predicted molar refractivity (Wildman–Crippen MR) is 123 cm³/mol. The maximum absolute atomic E-state index is 12.3. The van der Waals surface area contributed by atoms with Gasteiger partial charge in [-0.05, 0) is 49.1 Å². The van der Waals surface area contributed by atoms with E-state index < -0.39 is 12.1 Å². The molecule has 0 amide bonds. The minimum absolute atomic E-state index is 0.207. The summed E-state index contributed by atoms with van der Waals surface area (Å²) in [4.78, 5) is 33.1. The van der Waals surface area contributed by atoms with Gasteiger partial charge in [0, 0.05) is 24.4 Å². The summed E-state index contributed by atoms with van der Waals surface area (Å²) in [5.41, 5.74) is 2.01. The smallest absolute Gasteiger partial charge is 0.352 e. The molecule has 6 nitrogen and oxygen atoms in total. The molecule has 1 fully saturated rings. The Morgan fingerprint density at radius 1 is 1.00 bits per heavy atom. The fraction of sp³-hybridized carbons (Fsp3) is 0.538. The normalized spacial score (nSPS) is 17.9. The largest absolute Gasteiger partial charge is 0.450 e. The van der Waals surface area contributed by atoms with Gasteiger partial charge in [0.25, 0.3) is 0 Å². The molecule has 1 aliphatic heterocycles. The van der Waals surface area contributed by atoms with Crippen LogP contribution in [0, 0.1) is 5.92 Å². The highest BCUT2D eigenvalue weighted by atomic mass is 16.6. The lowest BCUT2D eigenvalue weighted by Crippen LogP contribution is -2.25. The molecular formula is C26H34N2O4. The summed E-state index contributed by atoms with van der Waals surface area (Å²) in [5, 5.41) is 0. The number of cyclic esters (lactones) is 1. The van der Waals surface area contributed by atoms with Gasteiger partial charge in [-0.1, -0.05) is 52.4 Å². The molecule has 0 aliphatic carbocycles. The average Bonchev–Trinajstić information content (AvgIpc) is 3.18. The van der Waals surface area contributed by atoms with E-state index in [0.717, 1.165) is 30.4 Å². The molecule has 0 bridgehead atoms. The molecule has 6 heteroatoms. The molecule has 2 atom stereocenters. The molecule has 2 heterocycles. The Hall–Kier alpha value is -2.76. The lowest BCUT2D eigenvalue weighted by molar-refractivity contribution is -0.156. The summed E-state index contributed by atoms with van der Waals surface area (Å²) >= 11 is 0. The standard InChI is InChI=1S/C26H34N2O4/c1-3-5-6-7-8-9-11-19-17-27-24(28-18-19)20-12-14-22(15-13-20)31-26(30)23-16-21(10-4-2)25(29)32-23/h12-15,17-18,21,23H,3-11,16H2,1-2H3. The van der Waals surface area contributed by atoms with Gasteiger partial charge in [0.2, 0.25) is 0 Å². The Kier molecular flexibility index (Phi) is 9.20. The predicted octanol–water partition coefficient (Wildman–Crippen LogP) is 5.68. The van der Waals surface area contributed by atoms with Gasteiger partial charge in [-0.25, -0.2) is 14.8 Å². The Bertz CT molecular complexity index is 864. The number of benzene rings is 1. The number of hydrogen-bond donors (Lipinski definition) is 0. The molecule has 1 aromatic heterocycles. The van der Waals surface area contributed by atoms with Crippen molar-refractivity contribution in [2.45, 2.75) is 84.2 Å². The number of unbranched alkanes of at least 4 members (excludes halogenated alkanes) is 5. The second-order valence-electron chi connectivity index (χ2n) is 8.52. The highest BCUT2D eigenvalue weighted by Gasteiger charge is 2.39. The first-order chi connectivity index (χ1) is 15.6. The minimum atomic E-state index is -0.818. The number of carbonyl (C=O) groups excluding carboxylic acids is 2. The van der Waals surface area contributed by atoms with Crippen molar-refractivity contribution in [2.75, 3.05) is 0 Å². The van der Waals surface area contributed by atoms with Gasteiger partial charge in [-0.15, -0.1) is 0 Å². The van der Waals surface area contributed by atoms with E-state index in [0.29, 0.717) is 18.0 Å². The van der Waals surface area contributed by atoms with Crippen LogP contribution in [-0.2, 0) is 20.7 Å². The number of aromatic nitrogens is 2. The summed E-state index contributed by atoms with van der Waals surface area (Å²) in [7, 11) is 0. The highest BCUT2D eigenvalue weighted by Crippen LogP contribution is 2.27. The molecule has 0 N–H and O–H groups in total. The number of nitrogens with zero attached hydrogens (tertiary/aromatic N) is 2. The third kappa shape index (κ3) is 6.87. The first-order valence-corrected chi connectivity index (χ1v) is 11.9. The van der Waals surface area contributed by atoms with E-state index in [1.807, 2.05) is 31.5 Å². The number of hydrogen-bond acceptors (Lipinski definition) is 6. The van der Waals surface area contributed by atoms with E-state index >= 15 is 0 Å². The van der Waals surface area contributed by atoms with Gasteiger partial charge in [-0.2, -0.15) is 0 Å². The summed E-state index contributed by atoms with van der Waals surface area (Å²) in [6.07, 6.45) is 13.6. The van der Waals surface area contributed by atoms with Gasteiger partial charge < -0.3 is 9.47 Å². The molecule has 2 aromatic rings. The van der Waals surface area contributed by atoms with Crippen LogP contribution in [-0.4, -0.2) is 28.0 Å². The summed E-state index contributed by atoms with van der Waals surface area (Å²) in [6.45, 7) is 4.24. The summed E-state index contributed by atoms with van der Waals surface area (Å²) in [6, 6.07) is 7.07. The minimum Gasteiger partial charge on any atom is -0.450 e. The maximum Gasteiger partial charge on any atom is 0.352 e. The van der Waals surface area contributed by atoms with Gasteiger partial charge in [0.05, 0.1) is 5.92 Å². The lowest BCUT2D eigenvalue weighted by atomic mass is 10.00. The van der Waals surface area contributed by atoms with Crippen LogP contribution in [0.25, 0.3) is 11.4 Å². The molecule has 1 aliphatic rings. The molecule has 2 unspecified atom stereocenters. The molecule has 0 saturated carbocycles. The van der Waals surface area contributed by atoms with Crippen molar-refractivity contribution in [3.8, 4) is 17.1 Å². The van der Waals surface area contributed by atoms with Gasteiger partial charge in [0.1, 0.15) is 5.75 Å². The number of aryl methyl sites for hydroxylation is 1. The van der Waals surface area contributed by atoms with E-state index in [4.69, 9.17) is 9.47 Å². The van der Waals surface area contributed by atoms with Crippen LogP contribution in [0.1, 0.15) is 77.2 Å². The van der Waals surface area contributed by atoms with Crippen molar-refractivity contribution < 1.29 is 19.1 Å². The maximum atomic E-state index is 12.3. The summed E-state index contributed by atoms with van der Waals surface area (Å²) in [5.74, 6) is 0.0116. The van der Waals surface area contributed by atoms with Crippen molar-refractivity contribution in [1.29, 1.82) is 0 Å². The van der Waals surface area contributed by atoms with Gasteiger partial charge >= 0.3 is 11.9 Å². The fourth-order valence-corrected chi connectivity index (χ4v) is 3.96. The lowest BCUT2D eigenvalue weighted by Gasteiger charge is -2.09. The van der Waals surface area contributed by atoms with Crippen molar-refractivity contribution >= 4 is 11.9 Å². The molecule has 172 valence electrons. The number of esters is 2. The van der Waals surface area contributed by atoms with E-state index in [-0.39, 0.29) is 11.9 Å². The average molecular weight is 439 g/mol. The Labute approximate surface area is 190 Å². The molecule has 32 heavy (non-hydrogen) atoms. The number of carbonyl (C=O) groups is 2. The van der Waals surface area contributed by atoms with E-state index in [2.05, 4.69) is 16.9 Å². The summed E-state index contributed by atoms with van der Waals surface area (Å²) < 4.78 is 10.6. The Balaban J connectivity index is 1.48. The number of rotatable bonds is 12. The zero-order valence-electron chi connectivity index (χ0n) is 19.2. The van der Waals surface area contributed by atoms with Crippen molar-refractivity contribution in [1.82, 2.24) is 9.97 Å². The monoisotopic (exact) mass is 438 g/mol. The topological polar surface area (TPSA) is 78.4 Å². The SMILES string of the molecule is CCCCCCCCc1cnc(-c2ccc(OC(=O)C3CC(CCC)C(=O)O3)cc2)nc1. The van der Waals surface area contributed by atoms with Crippen molar-refractivity contribution in [3.05, 3.63) is 42.2 Å². The molecule has 0 spiro atoms. The van der Waals surface area contributed by atoms with Crippen LogP contribution < -0.4 is 4.74 Å². The zero-order valence-corrected chi connectivity index (χ0v) is 19.2. The van der Waals surface area contributed by atoms with Gasteiger partial charge in [0.15, 0.2) is 11.9 Å². The van der Waals surface area contributed by atoms with Crippen LogP contribution in [0.4, 0.5) is 0 Å². The molecular weight excluding hydrogens is 404 g/mol. The molecule has 1 aromatic carbocycles. The van der Waals surface area contributed by atoms with Crippen molar-refractivity contribution in [2.24, 2.45) is 5.92 Å². The second-order valence-corrected chi connectivity index (χ2v) is 8.52. The van der Waals surface area contributed by atoms with Crippen LogP contribution >= 0.6 is 0 Å². The fourth-order valence-electron chi connectivity index (χ4n) is 3.96. The van der Waals surface area contributed by atoms with Crippen LogP contribution in [0.3, 0.4) is 0 Å². The van der Waals surface area contributed by atoms with Crippen molar-refractivity contribution in [3.63, 3.8) is 0 Å². The Morgan fingerprint density at radius 2 is 1.69 bits per heavy atom. The molecule has 1 saturated heterocycles. The number of ether oxygens (including phenoxy) is 2.